The molecule has 7 heteroatoms. The molecule has 0 aromatic rings. The Labute approximate surface area is 99.7 Å². The normalized spacial score (nSPS) is 25.2. The Kier molecular flexibility index (Phi) is 5.44. The van der Waals surface area contributed by atoms with Gasteiger partial charge in [-0.3, -0.25) is 0 Å². The molecule has 17 heavy (non-hydrogen) atoms. The van der Waals surface area contributed by atoms with Crippen LogP contribution in [-0.2, 0) is 4.74 Å². The first kappa shape index (κ1) is 13.5. The van der Waals surface area contributed by atoms with Crippen LogP contribution < -0.4 is 16.4 Å². The Morgan fingerprint density at radius 3 is 3.00 bits per heavy atom. The predicted octanol–water partition coefficient (Wildman–Crippen LogP) is -0.369. The summed E-state index contributed by atoms with van der Waals surface area (Å²) in [5.41, 5.74) is 5.44. The molecule has 1 aliphatic rings. The maximum absolute atomic E-state index is 11.4. The van der Waals surface area contributed by atoms with Crippen LogP contribution in [0, 0.1) is 0 Å². The number of nitrogens with one attached hydrogen (secondary N) is 2. The van der Waals surface area contributed by atoms with Crippen molar-refractivity contribution in [2.45, 2.75) is 32.1 Å². The lowest BCUT2D eigenvalue weighted by atomic mass is 10.2. The van der Waals surface area contributed by atoms with E-state index in [1.54, 1.807) is 6.92 Å². The zero-order valence-electron chi connectivity index (χ0n) is 9.72. The van der Waals surface area contributed by atoms with E-state index >= 15 is 0 Å². The Morgan fingerprint density at radius 1 is 1.65 bits per heavy atom. The molecule has 0 spiro atoms. The standard InChI is InChI=1S/C10H18N4O3/c1-2-12-8(11)5-13-10(16)14-9-4-3-7(6-15)17-9/h2,5,7,9,15H,3-4,6,11H2,1H3,(H2,13,14,16)/b8-5+,12-2-/t7-,9+/m0/s1. The van der Waals surface area contributed by atoms with Crippen LogP contribution in [0.2, 0.25) is 0 Å². The van der Waals surface area contributed by atoms with E-state index in [9.17, 15) is 4.79 Å². The summed E-state index contributed by atoms with van der Waals surface area (Å²) in [6, 6.07) is -0.414. The quantitative estimate of drug-likeness (QED) is 0.504. The highest BCUT2D eigenvalue weighted by Crippen LogP contribution is 2.16. The van der Waals surface area contributed by atoms with Gasteiger partial charge in [0.25, 0.3) is 0 Å². The van der Waals surface area contributed by atoms with Gasteiger partial charge in [0, 0.05) is 12.4 Å². The Hall–Kier alpha value is -1.60. The minimum Gasteiger partial charge on any atom is -0.394 e. The number of carbonyl (C=O) groups excluding carboxylic acids is 1. The fourth-order valence-electron chi connectivity index (χ4n) is 1.46. The number of urea groups is 1. The fourth-order valence-corrected chi connectivity index (χ4v) is 1.46. The summed E-state index contributed by atoms with van der Waals surface area (Å²) < 4.78 is 5.33. The summed E-state index contributed by atoms with van der Waals surface area (Å²) in [7, 11) is 0. The smallest absolute Gasteiger partial charge is 0.320 e. The van der Waals surface area contributed by atoms with Crippen molar-refractivity contribution in [1.29, 1.82) is 0 Å². The van der Waals surface area contributed by atoms with Crippen LogP contribution >= 0.6 is 0 Å². The van der Waals surface area contributed by atoms with Gasteiger partial charge < -0.3 is 26.2 Å². The van der Waals surface area contributed by atoms with Crippen LogP contribution in [-0.4, -0.2) is 36.3 Å². The number of rotatable bonds is 4. The molecule has 96 valence electrons. The average molecular weight is 242 g/mol. The first-order chi connectivity index (χ1) is 8.15. The van der Waals surface area contributed by atoms with Crippen molar-refractivity contribution in [2.75, 3.05) is 6.61 Å². The maximum atomic E-state index is 11.4. The third-order valence-corrected chi connectivity index (χ3v) is 2.23. The molecule has 0 bridgehead atoms. The van der Waals surface area contributed by atoms with Crippen molar-refractivity contribution in [3.05, 3.63) is 12.0 Å². The van der Waals surface area contributed by atoms with E-state index in [4.69, 9.17) is 15.6 Å². The number of aliphatic hydroxyl groups excluding tert-OH is 1. The van der Waals surface area contributed by atoms with Crippen molar-refractivity contribution in [3.63, 3.8) is 0 Å². The third-order valence-electron chi connectivity index (χ3n) is 2.23. The van der Waals surface area contributed by atoms with Crippen LogP contribution in [0.25, 0.3) is 0 Å². The van der Waals surface area contributed by atoms with Crippen molar-refractivity contribution in [2.24, 2.45) is 10.7 Å². The number of aliphatic imine (C=N–C) groups is 1. The molecule has 1 heterocycles. The maximum Gasteiger partial charge on any atom is 0.320 e. The minimum atomic E-state index is -0.414. The summed E-state index contributed by atoms with van der Waals surface area (Å²) in [5.74, 6) is 0.211. The Morgan fingerprint density at radius 2 is 2.41 bits per heavy atom. The lowest BCUT2D eigenvalue weighted by molar-refractivity contribution is 0.00263. The summed E-state index contributed by atoms with van der Waals surface area (Å²) >= 11 is 0. The number of nitrogens with two attached hydrogens (primary N) is 1. The number of nitrogens with zero attached hydrogens (tertiary/aromatic N) is 1. The largest absolute Gasteiger partial charge is 0.394 e. The van der Waals surface area contributed by atoms with Crippen molar-refractivity contribution in [1.82, 2.24) is 10.6 Å². The van der Waals surface area contributed by atoms with E-state index in [0.29, 0.717) is 6.42 Å². The van der Waals surface area contributed by atoms with Crippen molar-refractivity contribution < 1.29 is 14.6 Å². The van der Waals surface area contributed by atoms with E-state index in [-0.39, 0.29) is 24.8 Å². The van der Waals surface area contributed by atoms with Gasteiger partial charge in [0.1, 0.15) is 12.0 Å². The summed E-state index contributed by atoms with van der Waals surface area (Å²) in [6.45, 7) is 1.69. The number of aliphatic hydroxyl groups is 1. The molecule has 1 aliphatic heterocycles. The SMILES string of the molecule is C/C=N\C(N)=C\NC(=O)N[C@H]1CC[C@@H](CO)O1. The van der Waals surface area contributed by atoms with Gasteiger partial charge in [-0.05, 0) is 19.8 Å². The molecule has 0 aromatic carbocycles. The molecule has 0 unspecified atom stereocenters. The van der Waals surface area contributed by atoms with Crippen LogP contribution in [0.15, 0.2) is 17.0 Å². The number of carbonyl (C=O) groups is 1. The zero-order valence-corrected chi connectivity index (χ0v) is 9.72. The highest BCUT2D eigenvalue weighted by Gasteiger charge is 2.25. The summed E-state index contributed by atoms with van der Waals surface area (Å²) in [5, 5.41) is 13.9. The second kappa shape index (κ2) is 6.87. The second-order valence-electron chi connectivity index (χ2n) is 3.58. The van der Waals surface area contributed by atoms with Crippen LogP contribution in [0.3, 0.4) is 0 Å². The molecule has 0 saturated carbocycles. The topological polar surface area (TPSA) is 109 Å². The number of hydrogen-bond donors (Lipinski definition) is 4. The molecule has 1 rings (SSSR count). The molecule has 0 aliphatic carbocycles. The molecule has 0 aromatic heterocycles. The molecule has 5 N–H and O–H groups in total. The average Bonchev–Trinajstić information content (AvgIpc) is 2.74. The Bertz CT molecular complexity index is 317. The molecule has 7 nitrogen and oxygen atoms in total. The van der Waals surface area contributed by atoms with Gasteiger partial charge in [0.05, 0.1) is 12.7 Å². The highest BCUT2D eigenvalue weighted by molar-refractivity contribution is 5.75. The fraction of sp³-hybridized carbons (Fsp3) is 0.600. The molecular formula is C10H18N4O3. The van der Waals surface area contributed by atoms with E-state index in [1.165, 1.54) is 12.4 Å². The molecule has 2 amide bonds. The minimum absolute atomic E-state index is 0.0299. The van der Waals surface area contributed by atoms with E-state index in [0.717, 1.165) is 6.42 Å². The third kappa shape index (κ3) is 4.83. The van der Waals surface area contributed by atoms with Gasteiger partial charge >= 0.3 is 6.03 Å². The zero-order chi connectivity index (χ0) is 12.7. The summed E-state index contributed by atoms with van der Waals surface area (Å²) in [4.78, 5) is 15.1. The molecule has 1 fully saturated rings. The highest BCUT2D eigenvalue weighted by atomic mass is 16.5. The van der Waals surface area contributed by atoms with E-state index < -0.39 is 6.03 Å². The monoisotopic (exact) mass is 242 g/mol. The lowest BCUT2D eigenvalue weighted by Gasteiger charge is -2.13. The van der Waals surface area contributed by atoms with E-state index in [2.05, 4.69) is 15.6 Å². The van der Waals surface area contributed by atoms with Gasteiger partial charge in [0.2, 0.25) is 0 Å². The lowest BCUT2D eigenvalue weighted by Crippen LogP contribution is -2.40. The van der Waals surface area contributed by atoms with Crippen LogP contribution in [0.1, 0.15) is 19.8 Å². The second-order valence-corrected chi connectivity index (χ2v) is 3.58. The molecule has 0 radical (unpaired) electrons. The first-order valence-corrected chi connectivity index (χ1v) is 5.43. The molecular weight excluding hydrogens is 224 g/mol. The Balaban J connectivity index is 2.28. The number of ether oxygens (including phenoxy) is 1. The van der Waals surface area contributed by atoms with Gasteiger partial charge in [-0.25, -0.2) is 9.79 Å². The van der Waals surface area contributed by atoms with Gasteiger partial charge in [-0.2, -0.15) is 0 Å². The summed E-state index contributed by atoms with van der Waals surface area (Å²) in [6.07, 6.45) is 3.69. The molecule has 1 saturated heterocycles. The van der Waals surface area contributed by atoms with Crippen molar-refractivity contribution in [3.8, 4) is 0 Å². The first-order valence-electron chi connectivity index (χ1n) is 5.43. The van der Waals surface area contributed by atoms with Gasteiger partial charge in [0.15, 0.2) is 0 Å². The number of hydrogen-bond acceptors (Lipinski definition) is 5. The number of amides is 2. The van der Waals surface area contributed by atoms with Crippen molar-refractivity contribution >= 4 is 12.2 Å². The van der Waals surface area contributed by atoms with Gasteiger partial charge in [-0.1, -0.05) is 0 Å². The van der Waals surface area contributed by atoms with Gasteiger partial charge in [-0.15, -0.1) is 0 Å². The molecule has 2 atom stereocenters. The van der Waals surface area contributed by atoms with Crippen LogP contribution in [0.4, 0.5) is 4.79 Å². The van der Waals surface area contributed by atoms with E-state index in [1.807, 2.05) is 0 Å². The van der Waals surface area contributed by atoms with Crippen LogP contribution in [0.5, 0.6) is 0 Å². The predicted molar refractivity (Wildman–Crippen MR) is 63.1 cm³/mol.